The number of ketones is 1. The zero-order valence-electron chi connectivity index (χ0n) is 20.9. The van der Waals surface area contributed by atoms with Gasteiger partial charge in [-0.2, -0.15) is 0 Å². The van der Waals surface area contributed by atoms with E-state index in [1.807, 2.05) is 0 Å². The summed E-state index contributed by atoms with van der Waals surface area (Å²) in [6, 6.07) is 0.952. The Morgan fingerprint density at radius 2 is 2.50 bits per heavy atom. The molecule has 2 aliphatic carbocycles. The van der Waals surface area contributed by atoms with E-state index < -0.39 is 43.2 Å². The molecule has 1 saturated carbocycles. The van der Waals surface area contributed by atoms with Crippen LogP contribution in [-0.4, -0.2) is 43.3 Å². The molecule has 4 nitrogen and oxygen atoms in total. The third-order valence-electron chi connectivity index (χ3n) is 5.45. The van der Waals surface area contributed by atoms with E-state index in [2.05, 4.69) is 0 Å². The van der Waals surface area contributed by atoms with Crippen molar-refractivity contribution in [2.45, 2.75) is 43.2 Å². The number of Topliss-reactive ketones (excluding diaryl/α,β-unsaturated/α-hetero) is 1. The van der Waals surface area contributed by atoms with Crippen LogP contribution in [0, 0.1) is 5.89 Å². The van der Waals surface area contributed by atoms with Crippen molar-refractivity contribution >= 4 is 5.78 Å². The summed E-state index contributed by atoms with van der Waals surface area (Å²) in [5.74, 6) is -2.61. The molecule has 2 bridgehead atoms. The van der Waals surface area contributed by atoms with Crippen LogP contribution in [0.25, 0.3) is 0 Å². The molecule has 1 aromatic rings. The summed E-state index contributed by atoms with van der Waals surface area (Å²) in [4.78, 5) is 14.1. The number of rotatable bonds is 1. The molecule has 22 heavy (non-hydrogen) atoms. The molecule has 4 aliphatic rings. The van der Waals surface area contributed by atoms with Crippen LogP contribution in [0.5, 0.6) is 11.5 Å². The molecule has 0 aromatic heterocycles. The Hall–Kier alpha value is -1.55. The Morgan fingerprint density at radius 1 is 1.55 bits per heavy atom. The van der Waals surface area contributed by atoms with Crippen LogP contribution < -0.4 is 9.47 Å². The lowest BCUT2D eigenvalue weighted by Gasteiger charge is -2.57. The lowest BCUT2D eigenvalue weighted by Crippen LogP contribution is -2.65. The van der Waals surface area contributed by atoms with E-state index in [0.29, 0.717) is 11.1 Å². The summed E-state index contributed by atoms with van der Waals surface area (Å²) in [6.45, 7) is -2.76. The lowest BCUT2D eigenvalue weighted by atomic mass is 9.52. The van der Waals surface area contributed by atoms with Gasteiger partial charge in [-0.05, 0) is 50.3 Å². The average Bonchev–Trinajstić information content (AvgIpc) is 2.88. The third-order valence-corrected chi connectivity index (χ3v) is 5.45. The molecule has 0 N–H and O–H groups in total. The van der Waals surface area contributed by atoms with Crippen molar-refractivity contribution in [3.05, 3.63) is 23.3 Å². The van der Waals surface area contributed by atoms with Crippen LogP contribution in [0.1, 0.15) is 42.7 Å². The maximum Gasteiger partial charge on any atom is 0.174 e. The maximum absolute atomic E-state index is 13.0. The van der Waals surface area contributed by atoms with Crippen LogP contribution in [0.15, 0.2) is 12.1 Å². The van der Waals surface area contributed by atoms with Crippen molar-refractivity contribution in [3.8, 4) is 11.5 Å². The standard InChI is InChI=1S/C18H21NO3/c1-19-8-7-18-11-4-5-13(20)17(18)22-16-14(21-2)6-3-10(15(16)18)9-12(11)19/h3,6,11-12,17H,4-5,7-9H2,1-2H3/t11-,12+,17?,18-/m0/s1/i1D3,2D3,11D,12D,17D. The van der Waals surface area contributed by atoms with E-state index in [4.69, 9.17) is 19.1 Å². The molecule has 0 radical (unpaired) electrons. The summed E-state index contributed by atoms with van der Waals surface area (Å²) < 4.78 is 85.0. The fourth-order valence-corrected chi connectivity index (χ4v) is 4.59. The van der Waals surface area contributed by atoms with Crippen LogP contribution in [-0.2, 0) is 16.6 Å². The van der Waals surface area contributed by atoms with Crippen molar-refractivity contribution in [3.63, 3.8) is 0 Å². The van der Waals surface area contributed by atoms with Gasteiger partial charge < -0.3 is 14.4 Å². The minimum Gasteiger partial charge on any atom is -0.493 e. The van der Waals surface area contributed by atoms with Gasteiger partial charge in [-0.15, -0.1) is 0 Å². The van der Waals surface area contributed by atoms with E-state index in [1.54, 1.807) is 0 Å². The van der Waals surface area contributed by atoms with Gasteiger partial charge in [0.05, 0.1) is 12.5 Å². The van der Waals surface area contributed by atoms with Gasteiger partial charge in [-0.1, -0.05) is 6.07 Å². The van der Waals surface area contributed by atoms with E-state index >= 15 is 0 Å². The summed E-state index contributed by atoms with van der Waals surface area (Å²) in [5.41, 5.74) is -0.778. The normalized spacial score (nSPS) is 55.6. The highest BCUT2D eigenvalue weighted by molar-refractivity contribution is 5.89. The number of benzene rings is 1. The monoisotopic (exact) mass is 308 g/mol. The summed E-state index contributed by atoms with van der Waals surface area (Å²) in [6.07, 6.45) is -2.73. The average molecular weight is 308 g/mol. The van der Waals surface area contributed by atoms with E-state index in [-0.39, 0.29) is 43.7 Å². The molecule has 4 atom stereocenters. The molecule has 2 aliphatic heterocycles. The van der Waals surface area contributed by atoms with Crippen molar-refractivity contribution in [2.24, 2.45) is 5.89 Å². The topological polar surface area (TPSA) is 38.8 Å². The molecule has 4 heteroatoms. The fourth-order valence-electron chi connectivity index (χ4n) is 4.59. The lowest BCUT2D eigenvalue weighted by molar-refractivity contribution is -0.138. The van der Waals surface area contributed by atoms with Gasteiger partial charge >= 0.3 is 0 Å². The van der Waals surface area contributed by atoms with Crippen LogP contribution in [0.3, 0.4) is 0 Å². The molecular weight excluding hydrogens is 278 g/mol. The summed E-state index contributed by atoms with van der Waals surface area (Å²) in [5, 5.41) is 0. The predicted molar refractivity (Wildman–Crippen MR) is 81.6 cm³/mol. The molecule has 1 aromatic carbocycles. The van der Waals surface area contributed by atoms with Gasteiger partial charge in [0.25, 0.3) is 0 Å². The van der Waals surface area contributed by atoms with E-state index in [0.717, 1.165) is 4.90 Å². The number of nitrogens with zero attached hydrogens (tertiary/aromatic N) is 1. The molecule has 2 heterocycles. The Labute approximate surface area is 143 Å². The van der Waals surface area contributed by atoms with Gasteiger partial charge in [0, 0.05) is 30.3 Å². The number of carbonyl (C=O) groups excluding carboxylic acids is 1. The van der Waals surface area contributed by atoms with Crippen molar-refractivity contribution in [2.75, 3.05) is 20.6 Å². The minimum absolute atomic E-state index is 0.0536. The van der Waals surface area contributed by atoms with Gasteiger partial charge in [0.1, 0.15) is 0 Å². The molecule has 0 amide bonds. The van der Waals surface area contributed by atoms with E-state index in [9.17, 15) is 7.54 Å². The number of carbonyl (C=O) groups is 1. The van der Waals surface area contributed by atoms with Crippen molar-refractivity contribution < 1.29 is 26.6 Å². The zero-order valence-corrected chi connectivity index (χ0v) is 11.9. The minimum atomic E-state index is -2.80. The quantitative estimate of drug-likeness (QED) is 0.795. The second kappa shape index (κ2) is 4.05. The highest BCUT2D eigenvalue weighted by Gasteiger charge is 2.65. The Kier molecular flexibility index (Phi) is 1.27. The van der Waals surface area contributed by atoms with Gasteiger partial charge in [0.15, 0.2) is 23.4 Å². The number of hydrogen-bond acceptors (Lipinski definition) is 4. The SMILES string of the molecule is [2H]C([2H])([2H])Oc1ccc2c3c1OC1([2H])C(=O)CC[C@@]4([2H])[C@@]([2H])(C2)N(C([2H])([2H])[2H])CC[C@]314. The maximum atomic E-state index is 13.0. The van der Waals surface area contributed by atoms with Gasteiger partial charge in [-0.25, -0.2) is 0 Å². The molecule has 2 fully saturated rings. The van der Waals surface area contributed by atoms with Crippen LogP contribution >= 0.6 is 0 Å². The Morgan fingerprint density at radius 3 is 3.36 bits per heavy atom. The fraction of sp³-hybridized carbons (Fsp3) is 0.611. The predicted octanol–water partition coefficient (Wildman–Crippen LogP) is 1.93. The smallest absolute Gasteiger partial charge is 0.174 e. The highest BCUT2D eigenvalue weighted by atomic mass is 16.5. The van der Waals surface area contributed by atoms with Crippen LogP contribution in [0.4, 0.5) is 0 Å². The molecule has 116 valence electrons. The first-order chi connectivity index (χ1) is 14.1. The second-order valence-electron chi connectivity index (χ2n) is 6.29. The van der Waals surface area contributed by atoms with Gasteiger partial charge in [0.2, 0.25) is 0 Å². The third kappa shape index (κ3) is 1.27. The van der Waals surface area contributed by atoms with Crippen molar-refractivity contribution in [1.29, 1.82) is 0 Å². The molecular formula is C18H21NO3. The van der Waals surface area contributed by atoms with E-state index in [1.165, 1.54) is 12.1 Å². The first-order valence-electron chi connectivity index (χ1n) is 12.0. The van der Waals surface area contributed by atoms with Crippen LogP contribution in [0.2, 0.25) is 0 Å². The first-order valence-corrected chi connectivity index (χ1v) is 7.46. The molecule has 1 saturated heterocycles. The van der Waals surface area contributed by atoms with Gasteiger partial charge in [-0.3, -0.25) is 4.79 Å². The molecule has 1 spiro atoms. The molecule has 5 rings (SSSR count). The number of likely N-dealkylation sites (tertiary alicyclic amines) is 1. The highest BCUT2D eigenvalue weighted by Crippen LogP contribution is 2.62. The molecule has 1 unspecified atom stereocenters. The Balaban J connectivity index is 1.83. The number of likely N-dealkylation sites (N-methyl/N-ethyl adjacent to an activating group) is 1. The number of ether oxygens (including phenoxy) is 2. The summed E-state index contributed by atoms with van der Waals surface area (Å²) in [7, 11) is -2.80. The largest absolute Gasteiger partial charge is 0.493 e. The summed E-state index contributed by atoms with van der Waals surface area (Å²) >= 11 is 0. The first kappa shape index (κ1) is 6.91. The van der Waals surface area contributed by atoms with Crippen molar-refractivity contribution in [1.82, 2.24) is 4.90 Å². The second-order valence-corrected chi connectivity index (χ2v) is 6.29. The number of piperidine rings is 1. The Bertz CT molecular complexity index is 1010. The number of methoxy groups -OCH3 is 1. The zero-order chi connectivity index (χ0) is 22.8. The number of hydrogen-bond donors (Lipinski definition) is 0.